The van der Waals surface area contributed by atoms with Crippen LogP contribution in [0.3, 0.4) is 0 Å². The van der Waals surface area contributed by atoms with E-state index < -0.39 is 6.61 Å². The zero-order chi connectivity index (χ0) is 12.3. The van der Waals surface area contributed by atoms with E-state index in [0.717, 1.165) is 18.5 Å². The molecule has 1 unspecified atom stereocenters. The fraction of sp³-hybridized carbons (Fsp3) is 0.500. The van der Waals surface area contributed by atoms with Crippen molar-refractivity contribution in [3.8, 4) is 5.75 Å². The minimum absolute atomic E-state index is 0.178. The summed E-state index contributed by atoms with van der Waals surface area (Å²) in [5.41, 5.74) is 0.914. The second-order valence-electron chi connectivity index (χ2n) is 4.20. The van der Waals surface area contributed by atoms with Gasteiger partial charge in [-0.1, -0.05) is 12.1 Å². The highest BCUT2D eigenvalue weighted by molar-refractivity contribution is 5.28. The SMILES string of the molecule is OC1CCN(Cc2cccc(OC(F)F)c2)C1. The summed E-state index contributed by atoms with van der Waals surface area (Å²) in [6.07, 6.45) is 0.503. The van der Waals surface area contributed by atoms with Crippen molar-refractivity contribution in [3.63, 3.8) is 0 Å². The molecule has 1 N–H and O–H groups in total. The predicted molar refractivity (Wildman–Crippen MR) is 59.0 cm³/mol. The Morgan fingerprint density at radius 3 is 2.94 bits per heavy atom. The molecule has 17 heavy (non-hydrogen) atoms. The van der Waals surface area contributed by atoms with Gasteiger partial charge in [-0.3, -0.25) is 4.90 Å². The lowest BCUT2D eigenvalue weighted by molar-refractivity contribution is -0.0499. The van der Waals surface area contributed by atoms with Crippen molar-refractivity contribution in [2.75, 3.05) is 13.1 Å². The first-order chi connectivity index (χ1) is 8.13. The van der Waals surface area contributed by atoms with Gasteiger partial charge in [0.05, 0.1) is 6.10 Å². The smallest absolute Gasteiger partial charge is 0.387 e. The number of likely N-dealkylation sites (tertiary alicyclic amines) is 1. The minimum atomic E-state index is -2.79. The monoisotopic (exact) mass is 243 g/mol. The normalized spacial score (nSPS) is 21.1. The lowest BCUT2D eigenvalue weighted by Gasteiger charge is -2.15. The summed E-state index contributed by atoms with van der Waals surface area (Å²) in [4.78, 5) is 2.09. The number of alkyl halides is 2. The fourth-order valence-corrected chi connectivity index (χ4v) is 2.03. The van der Waals surface area contributed by atoms with Crippen molar-refractivity contribution < 1.29 is 18.6 Å². The van der Waals surface area contributed by atoms with Gasteiger partial charge in [0.25, 0.3) is 0 Å². The molecule has 1 aliphatic heterocycles. The van der Waals surface area contributed by atoms with Crippen molar-refractivity contribution in [1.82, 2.24) is 4.90 Å². The molecule has 1 aromatic carbocycles. The molecule has 1 atom stereocenters. The standard InChI is InChI=1S/C12H15F2NO2/c13-12(14)17-11-3-1-2-9(6-11)7-15-5-4-10(16)8-15/h1-3,6,10,12,16H,4-5,7-8H2. The van der Waals surface area contributed by atoms with Crippen molar-refractivity contribution in [3.05, 3.63) is 29.8 Å². The van der Waals surface area contributed by atoms with Crippen LogP contribution in [-0.4, -0.2) is 35.8 Å². The molecule has 94 valence electrons. The largest absolute Gasteiger partial charge is 0.435 e. The number of hydrogen-bond donors (Lipinski definition) is 1. The van der Waals surface area contributed by atoms with E-state index in [9.17, 15) is 13.9 Å². The number of benzene rings is 1. The Bertz CT molecular complexity index is 373. The molecule has 0 bridgehead atoms. The minimum Gasteiger partial charge on any atom is -0.435 e. The van der Waals surface area contributed by atoms with Gasteiger partial charge in [0.2, 0.25) is 0 Å². The maximum absolute atomic E-state index is 12.0. The first-order valence-corrected chi connectivity index (χ1v) is 5.57. The van der Waals surface area contributed by atoms with Gasteiger partial charge in [0, 0.05) is 19.6 Å². The van der Waals surface area contributed by atoms with E-state index in [1.807, 2.05) is 6.07 Å². The van der Waals surface area contributed by atoms with Gasteiger partial charge >= 0.3 is 6.61 Å². The van der Waals surface area contributed by atoms with Crippen molar-refractivity contribution in [2.24, 2.45) is 0 Å². The highest BCUT2D eigenvalue weighted by Crippen LogP contribution is 2.19. The van der Waals surface area contributed by atoms with E-state index in [1.165, 1.54) is 6.07 Å². The molecule has 0 amide bonds. The van der Waals surface area contributed by atoms with Crippen LogP contribution in [0.25, 0.3) is 0 Å². The molecule has 0 aromatic heterocycles. The maximum atomic E-state index is 12.0. The fourth-order valence-electron chi connectivity index (χ4n) is 2.03. The summed E-state index contributed by atoms with van der Waals surface area (Å²) in [5, 5.41) is 9.39. The van der Waals surface area contributed by atoms with Crippen LogP contribution < -0.4 is 4.74 Å². The third-order valence-electron chi connectivity index (χ3n) is 2.78. The van der Waals surface area contributed by atoms with Gasteiger partial charge in [0.1, 0.15) is 5.75 Å². The Balaban J connectivity index is 1.96. The Kier molecular flexibility index (Phi) is 3.91. The summed E-state index contributed by atoms with van der Waals surface area (Å²) in [5.74, 6) is 0.178. The van der Waals surface area contributed by atoms with Crippen molar-refractivity contribution >= 4 is 0 Å². The van der Waals surface area contributed by atoms with Crippen LogP contribution in [0.4, 0.5) is 8.78 Å². The molecule has 0 spiro atoms. The molecular formula is C12H15F2NO2. The van der Waals surface area contributed by atoms with Crippen LogP contribution in [0.15, 0.2) is 24.3 Å². The van der Waals surface area contributed by atoms with Crippen molar-refractivity contribution in [1.29, 1.82) is 0 Å². The zero-order valence-corrected chi connectivity index (χ0v) is 9.35. The van der Waals surface area contributed by atoms with E-state index in [1.54, 1.807) is 12.1 Å². The molecule has 1 fully saturated rings. The number of rotatable bonds is 4. The highest BCUT2D eigenvalue weighted by atomic mass is 19.3. The topological polar surface area (TPSA) is 32.7 Å². The average Bonchev–Trinajstić information content (AvgIpc) is 2.63. The molecule has 2 rings (SSSR count). The second kappa shape index (κ2) is 5.42. The summed E-state index contributed by atoms with van der Waals surface area (Å²) in [6.45, 7) is -0.669. The molecule has 5 heteroatoms. The Morgan fingerprint density at radius 2 is 2.29 bits per heavy atom. The van der Waals surface area contributed by atoms with Crippen LogP contribution in [0.5, 0.6) is 5.75 Å². The van der Waals surface area contributed by atoms with E-state index in [0.29, 0.717) is 13.1 Å². The molecule has 0 aliphatic carbocycles. The van der Waals surface area contributed by atoms with Gasteiger partial charge in [-0.05, 0) is 24.1 Å². The summed E-state index contributed by atoms with van der Waals surface area (Å²) >= 11 is 0. The summed E-state index contributed by atoms with van der Waals surface area (Å²) < 4.78 is 28.4. The third-order valence-corrected chi connectivity index (χ3v) is 2.78. The highest BCUT2D eigenvalue weighted by Gasteiger charge is 2.20. The first-order valence-electron chi connectivity index (χ1n) is 5.57. The molecule has 0 radical (unpaired) electrons. The number of β-amino-alcohol motifs (C(OH)–C–C–N with tert-alkyl or cyclic N) is 1. The molecule has 1 heterocycles. The lowest BCUT2D eigenvalue weighted by Crippen LogP contribution is -2.21. The number of aliphatic hydroxyl groups is 1. The third kappa shape index (κ3) is 3.64. The summed E-state index contributed by atoms with van der Waals surface area (Å²) in [6, 6.07) is 6.67. The zero-order valence-electron chi connectivity index (χ0n) is 9.35. The predicted octanol–water partition coefficient (Wildman–Crippen LogP) is 1.85. The average molecular weight is 243 g/mol. The van der Waals surface area contributed by atoms with E-state index in [-0.39, 0.29) is 11.9 Å². The Labute approximate surface area is 98.6 Å². The van der Waals surface area contributed by atoms with Crippen LogP contribution in [0.2, 0.25) is 0 Å². The number of nitrogens with zero attached hydrogens (tertiary/aromatic N) is 1. The number of hydrogen-bond acceptors (Lipinski definition) is 3. The molecule has 0 saturated carbocycles. The molecular weight excluding hydrogens is 228 g/mol. The van der Waals surface area contributed by atoms with E-state index in [2.05, 4.69) is 9.64 Å². The van der Waals surface area contributed by atoms with Gasteiger partial charge < -0.3 is 9.84 Å². The van der Waals surface area contributed by atoms with Gasteiger partial charge in [-0.2, -0.15) is 8.78 Å². The Hall–Kier alpha value is -1.20. The maximum Gasteiger partial charge on any atom is 0.387 e. The Morgan fingerprint density at radius 1 is 1.47 bits per heavy atom. The van der Waals surface area contributed by atoms with Gasteiger partial charge in [-0.25, -0.2) is 0 Å². The van der Waals surface area contributed by atoms with Crippen LogP contribution in [0.1, 0.15) is 12.0 Å². The summed E-state index contributed by atoms with van der Waals surface area (Å²) in [7, 11) is 0. The van der Waals surface area contributed by atoms with Crippen molar-refractivity contribution in [2.45, 2.75) is 25.7 Å². The lowest BCUT2D eigenvalue weighted by atomic mass is 10.2. The molecule has 1 saturated heterocycles. The van der Waals surface area contributed by atoms with Crippen LogP contribution >= 0.6 is 0 Å². The first kappa shape index (κ1) is 12.3. The van der Waals surface area contributed by atoms with Gasteiger partial charge in [0.15, 0.2) is 0 Å². The number of aliphatic hydroxyl groups excluding tert-OH is 1. The van der Waals surface area contributed by atoms with Gasteiger partial charge in [-0.15, -0.1) is 0 Å². The molecule has 3 nitrogen and oxygen atoms in total. The quantitative estimate of drug-likeness (QED) is 0.876. The second-order valence-corrected chi connectivity index (χ2v) is 4.20. The van der Waals surface area contributed by atoms with E-state index >= 15 is 0 Å². The van der Waals surface area contributed by atoms with Crippen LogP contribution in [0, 0.1) is 0 Å². The molecule has 1 aliphatic rings. The number of ether oxygens (including phenoxy) is 1. The molecule has 1 aromatic rings. The van der Waals surface area contributed by atoms with E-state index in [4.69, 9.17) is 0 Å². The van der Waals surface area contributed by atoms with Crippen LogP contribution in [-0.2, 0) is 6.54 Å². The number of halogens is 2.